The lowest BCUT2D eigenvalue weighted by Gasteiger charge is -2.46. The van der Waals surface area contributed by atoms with Crippen LogP contribution in [-0.2, 0) is 29.1 Å². The highest BCUT2D eigenvalue weighted by atomic mass is 32.1. The predicted octanol–water partition coefficient (Wildman–Crippen LogP) is 3.71. The molecule has 0 bridgehead atoms. The predicted molar refractivity (Wildman–Crippen MR) is 178 cm³/mol. The normalized spacial score (nSPS) is 17.9. The number of hydrogen-bond acceptors (Lipinski definition) is 10. The molecule has 2 aliphatic heterocycles. The molecule has 3 aromatic carbocycles. The Balaban J connectivity index is 1.20. The van der Waals surface area contributed by atoms with E-state index in [1.807, 2.05) is 54.6 Å². The van der Waals surface area contributed by atoms with E-state index in [0.29, 0.717) is 10.9 Å². The molecule has 0 spiro atoms. The van der Waals surface area contributed by atoms with Gasteiger partial charge in [-0.05, 0) is 53.1 Å². The number of nitrogens with one attached hydrogen (secondary N) is 1. The molecule has 4 heterocycles. The lowest BCUT2D eigenvalue weighted by molar-refractivity contribution is -0.157. The second kappa shape index (κ2) is 12.9. The van der Waals surface area contributed by atoms with E-state index >= 15 is 0 Å². The molecule has 14 heteroatoms. The molecule has 0 saturated carbocycles. The largest absolute Gasteiger partial charge is 0.497 e. The molecule has 2 atom stereocenters. The summed E-state index contributed by atoms with van der Waals surface area (Å²) in [6.07, 6.45) is 1.16. The lowest BCUT2D eigenvalue weighted by atomic mass is 9.99. The highest BCUT2D eigenvalue weighted by molar-refractivity contribution is 7.22. The average Bonchev–Trinajstić information content (AvgIpc) is 3.81. The number of carbonyl (C=O) groups excluding carboxylic acids is 3. The number of nitrogens with zero attached hydrogens (tertiary/aromatic N) is 6. The van der Waals surface area contributed by atoms with Crippen LogP contribution in [0.4, 0.5) is 9.93 Å². The van der Waals surface area contributed by atoms with Crippen molar-refractivity contribution in [3.63, 3.8) is 0 Å². The van der Waals surface area contributed by atoms with Gasteiger partial charge in [0.15, 0.2) is 5.13 Å². The number of ether oxygens (including phenoxy) is 1. The molecule has 2 aliphatic rings. The topological polar surface area (TPSA) is 161 Å². The van der Waals surface area contributed by atoms with Gasteiger partial charge in [-0.25, -0.2) is 14.8 Å². The van der Waals surface area contributed by atoms with E-state index in [9.17, 15) is 19.6 Å². The van der Waals surface area contributed by atoms with Crippen LogP contribution in [0.25, 0.3) is 21.2 Å². The minimum absolute atomic E-state index is 0.117. The van der Waals surface area contributed by atoms with Gasteiger partial charge < -0.3 is 30.0 Å². The number of nitrogens with two attached hydrogens (primary N) is 1. The molecule has 2 aromatic heterocycles. The van der Waals surface area contributed by atoms with Crippen LogP contribution in [0.2, 0.25) is 0 Å². The standard InChI is InChI=1S/C34H32N8O5S/c1-46-25-8-5-21(6-9-25)17-37-34(45)40(13-12-35)41-20-30(43)42-26(16-22-7-10-27-23(15-22)11-14-47-27)32(44)39(19-29(41)42)18-24-3-2-4-28-31(24)38-33(36)48-28/h2-11,14-15,26,29H,13,16-20H2,1H3,(H2,36,38)(H,37,45)/t26-,29+/m0/s1. The van der Waals surface area contributed by atoms with Crippen LogP contribution >= 0.6 is 11.3 Å². The molecule has 3 N–H and O–H groups in total. The van der Waals surface area contributed by atoms with Crippen molar-refractivity contribution in [3.05, 3.63) is 89.7 Å². The van der Waals surface area contributed by atoms with Crippen molar-refractivity contribution in [1.29, 1.82) is 5.26 Å². The van der Waals surface area contributed by atoms with Gasteiger partial charge in [-0.1, -0.05) is 41.7 Å². The van der Waals surface area contributed by atoms with Crippen LogP contribution in [0, 0.1) is 11.3 Å². The summed E-state index contributed by atoms with van der Waals surface area (Å²) in [5, 5.41) is 16.8. The number of hydrazine groups is 1. The van der Waals surface area contributed by atoms with E-state index < -0.39 is 18.2 Å². The summed E-state index contributed by atoms with van der Waals surface area (Å²) >= 11 is 1.37. The van der Waals surface area contributed by atoms with E-state index in [1.165, 1.54) is 16.3 Å². The van der Waals surface area contributed by atoms with Gasteiger partial charge in [0, 0.05) is 24.9 Å². The number of rotatable bonds is 9. The second-order valence-corrected chi connectivity index (χ2v) is 12.7. The van der Waals surface area contributed by atoms with Gasteiger partial charge in [-0.15, -0.1) is 0 Å². The van der Waals surface area contributed by atoms with Gasteiger partial charge in [-0.3, -0.25) is 9.59 Å². The van der Waals surface area contributed by atoms with Crippen LogP contribution in [0.15, 0.2) is 77.4 Å². The molecule has 2 saturated heterocycles. The zero-order valence-corrected chi connectivity index (χ0v) is 26.9. The third-order valence-corrected chi connectivity index (χ3v) is 9.61. The molecule has 4 amide bonds. The van der Waals surface area contributed by atoms with Gasteiger partial charge >= 0.3 is 6.03 Å². The van der Waals surface area contributed by atoms with Crippen LogP contribution in [0.5, 0.6) is 5.75 Å². The number of thiazole rings is 1. The van der Waals surface area contributed by atoms with Crippen molar-refractivity contribution in [1.82, 2.24) is 30.1 Å². The third-order valence-electron chi connectivity index (χ3n) is 8.76. The number of nitriles is 1. The van der Waals surface area contributed by atoms with Gasteiger partial charge in [0.25, 0.3) is 0 Å². The summed E-state index contributed by atoms with van der Waals surface area (Å²) in [6.45, 7) is 0.0833. The number of nitrogen functional groups attached to an aromatic ring is 1. The number of methoxy groups -OCH3 is 1. The molecule has 0 radical (unpaired) electrons. The Labute approximate surface area is 279 Å². The molecule has 0 aliphatic carbocycles. The number of furan rings is 1. The van der Waals surface area contributed by atoms with E-state index in [2.05, 4.69) is 16.4 Å². The number of aromatic nitrogens is 1. The third kappa shape index (κ3) is 5.85. The molecule has 13 nitrogen and oxygen atoms in total. The summed E-state index contributed by atoms with van der Waals surface area (Å²) in [7, 11) is 1.58. The fourth-order valence-electron chi connectivity index (χ4n) is 6.47. The molecule has 2 fully saturated rings. The number of benzene rings is 3. The van der Waals surface area contributed by atoms with Crippen molar-refractivity contribution in [2.45, 2.75) is 31.7 Å². The van der Waals surface area contributed by atoms with E-state index in [0.717, 1.165) is 37.9 Å². The highest BCUT2D eigenvalue weighted by Crippen LogP contribution is 2.33. The van der Waals surface area contributed by atoms with Crippen molar-refractivity contribution >= 4 is 55.5 Å². The molecule has 5 aromatic rings. The van der Waals surface area contributed by atoms with Gasteiger partial charge in [0.1, 0.15) is 30.1 Å². The number of fused-ring (bicyclic) bond motifs is 3. The van der Waals surface area contributed by atoms with E-state index in [1.54, 1.807) is 40.3 Å². The van der Waals surface area contributed by atoms with Crippen molar-refractivity contribution in [2.24, 2.45) is 0 Å². The Hall–Kier alpha value is -5.65. The molecule has 0 unspecified atom stereocenters. The Bertz CT molecular complexity index is 2050. The molecule has 7 rings (SSSR count). The zero-order chi connectivity index (χ0) is 33.4. The Morgan fingerprint density at radius 3 is 2.77 bits per heavy atom. The summed E-state index contributed by atoms with van der Waals surface area (Å²) in [5.74, 6) is 0.171. The Morgan fingerprint density at radius 1 is 1.17 bits per heavy atom. The number of urea groups is 1. The SMILES string of the molecule is COc1ccc(CNC(=O)N(CC#N)N2CC(=O)N3[C@@H](Cc4ccc5occc5c4)C(=O)N(Cc4cccc5sc(N)nc45)C[C@@H]32)cc1. The van der Waals surface area contributed by atoms with Crippen LogP contribution in [0.1, 0.15) is 16.7 Å². The molecule has 48 heavy (non-hydrogen) atoms. The van der Waals surface area contributed by atoms with Gasteiger partial charge in [0.2, 0.25) is 11.8 Å². The fourth-order valence-corrected chi connectivity index (χ4v) is 7.25. The molecule has 244 valence electrons. The summed E-state index contributed by atoms with van der Waals surface area (Å²) in [4.78, 5) is 49.5. The number of piperazine rings is 1. The maximum absolute atomic E-state index is 14.3. The highest BCUT2D eigenvalue weighted by Gasteiger charge is 2.52. The van der Waals surface area contributed by atoms with Crippen molar-refractivity contribution < 1.29 is 23.5 Å². The lowest BCUT2D eigenvalue weighted by Crippen LogP contribution is -2.66. The first-order valence-electron chi connectivity index (χ1n) is 15.3. The average molecular weight is 665 g/mol. The van der Waals surface area contributed by atoms with Crippen LogP contribution in [-0.4, -0.2) is 81.6 Å². The summed E-state index contributed by atoms with van der Waals surface area (Å²) < 4.78 is 11.6. The van der Waals surface area contributed by atoms with E-state index in [-0.39, 0.29) is 51.0 Å². The molecular formula is C34H32N8O5S. The summed E-state index contributed by atoms with van der Waals surface area (Å²) in [6, 6.07) is 21.2. The maximum atomic E-state index is 14.3. The minimum Gasteiger partial charge on any atom is -0.497 e. The number of para-hydroxylation sites is 1. The van der Waals surface area contributed by atoms with Crippen molar-refractivity contribution in [2.75, 3.05) is 32.5 Å². The second-order valence-electron chi connectivity index (χ2n) is 11.6. The summed E-state index contributed by atoms with van der Waals surface area (Å²) in [5.41, 5.74) is 9.98. The molecular weight excluding hydrogens is 632 g/mol. The Morgan fingerprint density at radius 2 is 1.98 bits per heavy atom. The van der Waals surface area contributed by atoms with Crippen molar-refractivity contribution in [3.8, 4) is 11.8 Å². The quantitative estimate of drug-likeness (QED) is 0.224. The number of hydrogen-bond donors (Lipinski definition) is 2. The zero-order valence-electron chi connectivity index (χ0n) is 26.0. The van der Waals surface area contributed by atoms with Crippen LogP contribution < -0.4 is 15.8 Å². The van der Waals surface area contributed by atoms with E-state index in [4.69, 9.17) is 14.9 Å². The fraction of sp³-hybridized carbons (Fsp3) is 0.265. The monoisotopic (exact) mass is 664 g/mol. The first-order chi connectivity index (χ1) is 23.3. The number of carbonyl (C=O) groups is 3. The smallest absolute Gasteiger partial charge is 0.333 e. The first kappa shape index (κ1) is 31.0. The first-order valence-corrected chi connectivity index (χ1v) is 16.2. The number of anilines is 1. The van der Waals surface area contributed by atoms with Gasteiger partial charge in [0.05, 0.1) is 42.7 Å². The van der Waals surface area contributed by atoms with Gasteiger partial charge in [-0.2, -0.15) is 10.3 Å². The number of amides is 4. The Kier molecular flexibility index (Phi) is 8.30. The minimum atomic E-state index is -0.850. The maximum Gasteiger partial charge on any atom is 0.333 e. The van der Waals surface area contributed by atoms with Crippen LogP contribution in [0.3, 0.4) is 0 Å².